The summed E-state index contributed by atoms with van der Waals surface area (Å²) in [6.07, 6.45) is 3.48. The molecule has 1 unspecified atom stereocenters. The van der Waals surface area contributed by atoms with Gasteiger partial charge in [0.2, 0.25) is 0 Å². The number of aliphatic imine (C=N–C) groups is 1. The molecule has 1 saturated heterocycles. The first-order chi connectivity index (χ1) is 14.5. The fraction of sp³-hybridized carbons (Fsp3) is 0.696. The highest BCUT2D eigenvalue weighted by atomic mass is 16.5. The molecule has 1 atom stereocenters. The third kappa shape index (κ3) is 7.69. The molecular formula is C23H39N3O4. The summed E-state index contributed by atoms with van der Waals surface area (Å²) < 4.78 is 22.1. The molecule has 0 radical (unpaired) electrons. The van der Waals surface area contributed by atoms with Gasteiger partial charge in [0, 0.05) is 31.7 Å². The molecule has 1 aromatic carbocycles. The summed E-state index contributed by atoms with van der Waals surface area (Å²) in [7, 11) is 3.30. The van der Waals surface area contributed by atoms with Crippen LogP contribution in [0.2, 0.25) is 0 Å². The molecule has 2 N–H and O–H groups in total. The highest BCUT2D eigenvalue weighted by molar-refractivity contribution is 5.79. The predicted octanol–water partition coefficient (Wildman–Crippen LogP) is 3.12. The average Bonchev–Trinajstić information content (AvgIpc) is 3.27. The third-order valence-electron chi connectivity index (χ3n) is 5.23. The van der Waals surface area contributed by atoms with Crippen LogP contribution >= 0.6 is 0 Å². The third-order valence-corrected chi connectivity index (χ3v) is 5.23. The van der Waals surface area contributed by atoms with Gasteiger partial charge in [0.05, 0.1) is 33.5 Å². The molecule has 0 aromatic heterocycles. The minimum atomic E-state index is -0.147. The molecule has 1 aliphatic rings. The van der Waals surface area contributed by atoms with Crippen LogP contribution in [0.4, 0.5) is 0 Å². The summed E-state index contributed by atoms with van der Waals surface area (Å²) in [5.41, 5.74) is 1.01. The van der Waals surface area contributed by atoms with Crippen LogP contribution in [0.25, 0.3) is 0 Å². The molecule has 0 spiro atoms. The minimum absolute atomic E-state index is 0.147. The SMILES string of the molecule is CCNC(=NCC(C)(C)c1ccc(OC)c(OC)c1)NCCCOCC1CCCO1. The average molecular weight is 422 g/mol. The van der Waals surface area contributed by atoms with Gasteiger partial charge in [0.25, 0.3) is 0 Å². The second-order valence-corrected chi connectivity index (χ2v) is 8.14. The van der Waals surface area contributed by atoms with E-state index in [4.69, 9.17) is 23.9 Å². The number of guanidine groups is 1. The Morgan fingerprint density at radius 1 is 1.20 bits per heavy atom. The van der Waals surface area contributed by atoms with E-state index in [1.165, 1.54) is 0 Å². The van der Waals surface area contributed by atoms with Gasteiger partial charge in [-0.3, -0.25) is 4.99 Å². The Morgan fingerprint density at radius 3 is 2.67 bits per heavy atom. The molecule has 1 aliphatic heterocycles. The summed E-state index contributed by atoms with van der Waals surface area (Å²) in [5, 5.41) is 6.71. The number of hydrogen-bond acceptors (Lipinski definition) is 5. The van der Waals surface area contributed by atoms with Gasteiger partial charge in [-0.1, -0.05) is 19.9 Å². The van der Waals surface area contributed by atoms with Crippen LogP contribution in [0.1, 0.15) is 45.6 Å². The predicted molar refractivity (Wildman–Crippen MR) is 121 cm³/mol. The van der Waals surface area contributed by atoms with E-state index in [-0.39, 0.29) is 11.5 Å². The maximum Gasteiger partial charge on any atom is 0.191 e. The molecule has 0 bridgehead atoms. The minimum Gasteiger partial charge on any atom is -0.493 e. The largest absolute Gasteiger partial charge is 0.493 e. The van der Waals surface area contributed by atoms with Crippen LogP contribution in [0.15, 0.2) is 23.2 Å². The summed E-state index contributed by atoms with van der Waals surface area (Å²) in [4.78, 5) is 4.80. The van der Waals surface area contributed by atoms with Crippen molar-refractivity contribution in [2.45, 2.75) is 51.6 Å². The van der Waals surface area contributed by atoms with E-state index in [9.17, 15) is 0 Å². The zero-order chi connectivity index (χ0) is 21.8. The van der Waals surface area contributed by atoms with Gasteiger partial charge >= 0.3 is 0 Å². The van der Waals surface area contributed by atoms with Crippen molar-refractivity contribution in [3.8, 4) is 11.5 Å². The van der Waals surface area contributed by atoms with E-state index < -0.39 is 0 Å². The lowest BCUT2D eigenvalue weighted by Crippen LogP contribution is -2.39. The van der Waals surface area contributed by atoms with Crippen molar-refractivity contribution in [1.29, 1.82) is 0 Å². The lowest BCUT2D eigenvalue weighted by atomic mass is 9.84. The van der Waals surface area contributed by atoms with Gasteiger partial charge in [0.15, 0.2) is 17.5 Å². The van der Waals surface area contributed by atoms with E-state index in [1.807, 2.05) is 12.1 Å². The van der Waals surface area contributed by atoms with E-state index >= 15 is 0 Å². The molecular weight excluding hydrogens is 382 g/mol. The molecule has 1 aromatic rings. The Bertz CT molecular complexity index is 658. The lowest BCUT2D eigenvalue weighted by Gasteiger charge is -2.25. The van der Waals surface area contributed by atoms with Gasteiger partial charge in [-0.05, 0) is 43.9 Å². The maximum atomic E-state index is 5.72. The molecule has 2 rings (SSSR count). The number of rotatable bonds is 12. The molecule has 7 nitrogen and oxygen atoms in total. The van der Waals surface area contributed by atoms with Crippen molar-refractivity contribution in [2.24, 2.45) is 4.99 Å². The molecule has 1 fully saturated rings. The monoisotopic (exact) mass is 421 g/mol. The molecule has 0 aliphatic carbocycles. The van der Waals surface area contributed by atoms with Crippen molar-refractivity contribution in [1.82, 2.24) is 10.6 Å². The van der Waals surface area contributed by atoms with E-state index in [0.717, 1.165) is 68.6 Å². The topological polar surface area (TPSA) is 73.3 Å². The summed E-state index contributed by atoms with van der Waals surface area (Å²) in [6.45, 7) is 11.0. The van der Waals surface area contributed by atoms with Crippen molar-refractivity contribution < 1.29 is 18.9 Å². The van der Waals surface area contributed by atoms with Gasteiger partial charge < -0.3 is 29.6 Å². The highest BCUT2D eigenvalue weighted by Crippen LogP contribution is 2.33. The van der Waals surface area contributed by atoms with Crippen LogP contribution < -0.4 is 20.1 Å². The number of nitrogens with zero attached hydrogens (tertiary/aromatic N) is 1. The Morgan fingerprint density at radius 2 is 2.00 bits per heavy atom. The number of ether oxygens (including phenoxy) is 4. The quantitative estimate of drug-likeness (QED) is 0.307. The Labute approximate surface area is 181 Å². The molecule has 30 heavy (non-hydrogen) atoms. The number of hydrogen-bond donors (Lipinski definition) is 2. The number of nitrogens with one attached hydrogen (secondary N) is 2. The Balaban J connectivity index is 1.83. The van der Waals surface area contributed by atoms with Crippen molar-refractivity contribution in [3.05, 3.63) is 23.8 Å². The first kappa shape index (κ1) is 24.3. The van der Waals surface area contributed by atoms with Gasteiger partial charge in [-0.15, -0.1) is 0 Å². The van der Waals surface area contributed by atoms with Crippen molar-refractivity contribution in [3.63, 3.8) is 0 Å². The van der Waals surface area contributed by atoms with Crippen molar-refractivity contribution >= 4 is 5.96 Å². The normalized spacial score (nSPS) is 17.1. The summed E-state index contributed by atoms with van der Waals surface area (Å²) in [6, 6.07) is 6.04. The molecule has 7 heteroatoms. The van der Waals surface area contributed by atoms with Crippen LogP contribution in [-0.4, -0.2) is 65.7 Å². The molecule has 0 saturated carbocycles. The van der Waals surface area contributed by atoms with Gasteiger partial charge in [-0.25, -0.2) is 0 Å². The smallest absolute Gasteiger partial charge is 0.191 e. The zero-order valence-corrected chi connectivity index (χ0v) is 19.3. The molecule has 0 amide bonds. The highest BCUT2D eigenvalue weighted by Gasteiger charge is 2.22. The standard InChI is InChI=1S/C23H39N3O4/c1-6-24-22(25-12-8-13-29-16-19-9-7-14-30-19)26-17-23(2,3)18-10-11-20(27-4)21(15-18)28-5/h10-11,15,19H,6-9,12-14,16-17H2,1-5H3,(H2,24,25,26). The van der Waals surface area contributed by atoms with E-state index in [1.54, 1.807) is 14.2 Å². The van der Waals surface area contributed by atoms with Crippen LogP contribution in [0.3, 0.4) is 0 Å². The zero-order valence-electron chi connectivity index (χ0n) is 19.3. The number of methoxy groups -OCH3 is 2. The second kappa shape index (κ2) is 12.6. The second-order valence-electron chi connectivity index (χ2n) is 8.14. The van der Waals surface area contributed by atoms with Crippen LogP contribution in [0.5, 0.6) is 11.5 Å². The first-order valence-electron chi connectivity index (χ1n) is 10.9. The fourth-order valence-corrected chi connectivity index (χ4v) is 3.34. The van der Waals surface area contributed by atoms with Gasteiger partial charge in [0.1, 0.15) is 0 Å². The summed E-state index contributed by atoms with van der Waals surface area (Å²) >= 11 is 0. The molecule has 1 heterocycles. The van der Waals surface area contributed by atoms with E-state index in [0.29, 0.717) is 13.2 Å². The first-order valence-corrected chi connectivity index (χ1v) is 10.9. The van der Waals surface area contributed by atoms with Crippen LogP contribution in [-0.2, 0) is 14.9 Å². The maximum absolute atomic E-state index is 5.72. The van der Waals surface area contributed by atoms with Crippen LogP contribution in [0, 0.1) is 0 Å². The number of benzene rings is 1. The Hall–Kier alpha value is -1.99. The Kier molecular flexibility index (Phi) is 10.2. The van der Waals surface area contributed by atoms with Crippen molar-refractivity contribution in [2.75, 3.05) is 53.7 Å². The summed E-state index contributed by atoms with van der Waals surface area (Å²) in [5.74, 6) is 2.29. The fourth-order valence-electron chi connectivity index (χ4n) is 3.34. The lowest BCUT2D eigenvalue weighted by molar-refractivity contribution is 0.0168. The van der Waals surface area contributed by atoms with Gasteiger partial charge in [-0.2, -0.15) is 0 Å². The van der Waals surface area contributed by atoms with E-state index in [2.05, 4.69) is 37.5 Å². The molecule has 170 valence electrons.